The zero-order valence-electron chi connectivity index (χ0n) is 13.7. The van der Waals surface area contributed by atoms with Gasteiger partial charge in [0.2, 0.25) is 0 Å². The maximum Gasteiger partial charge on any atom is 0.313 e. The molecule has 1 aromatic heterocycles. The van der Waals surface area contributed by atoms with Gasteiger partial charge < -0.3 is 15.5 Å². The highest BCUT2D eigenvalue weighted by molar-refractivity contribution is 7.10. The lowest BCUT2D eigenvalue weighted by molar-refractivity contribution is -0.136. The number of anilines is 1. The third-order valence-electron chi connectivity index (χ3n) is 3.51. The highest BCUT2D eigenvalue weighted by atomic mass is 35.5. The maximum atomic E-state index is 12.1. The Hall–Kier alpha value is -2.40. The zero-order valence-corrected chi connectivity index (χ0v) is 15.3. The van der Waals surface area contributed by atoms with Crippen LogP contribution in [0.1, 0.15) is 16.5 Å². The van der Waals surface area contributed by atoms with E-state index >= 15 is 0 Å². The number of rotatable bonds is 5. The van der Waals surface area contributed by atoms with E-state index in [0.717, 1.165) is 4.88 Å². The molecule has 0 saturated carbocycles. The molecule has 2 N–H and O–H groups in total. The molecule has 2 amide bonds. The number of carbonyl (C=O) groups is 2. The van der Waals surface area contributed by atoms with Gasteiger partial charge in [0.15, 0.2) is 0 Å². The van der Waals surface area contributed by atoms with Gasteiger partial charge >= 0.3 is 11.8 Å². The second-order valence-corrected chi connectivity index (χ2v) is 6.88. The molecule has 6 nitrogen and oxygen atoms in total. The van der Waals surface area contributed by atoms with E-state index in [1.165, 1.54) is 12.1 Å². The Morgan fingerprint density at radius 3 is 2.68 bits per heavy atom. The second-order valence-electron chi connectivity index (χ2n) is 5.46. The van der Waals surface area contributed by atoms with Crippen LogP contribution < -0.4 is 10.6 Å². The topological polar surface area (TPSA) is 85.2 Å². The molecule has 1 aromatic carbocycles. The number of nitrogens with one attached hydrogen (secondary N) is 2. The summed E-state index contributed by atoms with van der Waals surface area (Å²) < 4.78 is 0. The fraction of sp³-hybridized carbons (Fsp3) is 0.235. The average Bonchev–Trinajstić information content (AvgIpc) is 3.09. The fourth-order valence-electron chi connectivity index (χ4n) is 2.18. The molecule has 0 saturated heterocycles. The summed E-state index contributed by atoms with van der Waals surface area (Å²) in [6.07, 6.45) is 0. The summed E-state index contributed by atoms with van der Waals surface area (Å²) in [5.74, 6) is -1.62. The molecular formula is C17H17ClN4O2S. The first kappa shape index (κ1) is 18.9. The molecular weight excluding hydrogens is 360 g/mol. The number of nitrogens with zero attached hydrogens (tertiary/aromatic N) is 2. The number of amides is 2. The largest absolute Gasteiger partial charge is 0.346 e. The molecule has 25 heavy (non-hydrogen) atoms. The Morgan fingerprint density at radius 2 is 2.08 bits per heavy atom. The molecule has 130 valence electrons. The Morgan fingerprint density at radius 1 is 1.32 bits per heavy atom. The van der Waals surface area contributed by atoms with Crippen LogP contribution in [0.25, 0.3) is 0 Å². The third kappa shape index (κ3) is 5.03. The number of benzene rings is 1. The molecule has 0 aliphatic carbocycles. The van der Waals surface area contributed by atoms with Crippen molar-refractivity contribution in [1.29, 1.82) is 5.26 Å². The van der Waals surface area contributed by atoms with Gasteiger partial charge in [0.05, 0.1) is 17.3 Å². The first-order valence-corrected chi connectivity index (χ1v) is 8.66. The van der Waals surface area contributed by atoms with E-state index in [1.54, 1.807) is 17.4 Å². The van der Waals surface area contributed by atoms with Crippen LogP contribution in [0.3, 0.4) is 0 Å². The van der Waals surface area contributed by atoms with Crippen LogP contribution in [0.15, 0.2) is 35.7 Å². The molecule has 8 heteroatoms. The van der Waals surface area contributed by atoms with Gasteiger partial charge in [-0.1, -0.05) is 17.7 Å². The summed E-state index contributed by atoms with van der Waals surface area (Å²) >= 11 is 7.45. The van der Waals surface area contributed by atoms with Gasteiger partial charge in [-0.25, -0.2) is 0 Å². The van der Waals surface area contributed by atoms with Crippen LogP contribution in [0, 0.1) is 11.3 Å². The predicted molar refractivity (Wildman–Crippen MR) is 98.6 cm³/mol. The molecule has 2 rings (SSSR count). The van der Waals surface area contributed by atoms with Crippen molar-refractivity contribution in [2.45, 2.75) is 6.04 Å². The molecule has 0 aliphatic heterocycles. The van der Waals surface area contributed by atoms with Gasteiger partial charge in [-0.05, 0) is 43.7 Å². The molecule has 0 spiro atoms. The summed E-state index contributed by atoms with van der Waals surface area (Å²) in [5.41, 5.74) is 0.438. The van der Waals surface area contributed by atoms with Crippen molar-refractivity contribution >= 4 is 40.4 Å². The lowest BCUT2D eigenvalue weighted by Crippen LogP contribution is -2.40. The van der Waals surface area contributed by atoms with Crippen molar-refractivity contribution < 1.29 is 9.59 Å². The Labute approximate surface area is 155 Å². The lowest BCUT2D eigenvalue weighted by Gasteiger charge is -2.23. The van der Waals surface area contributed by atoms with Crippen molar-refractivity contribution in [2.24, 2.45) is 0 Å². The Kier molecular flexibility index (Phi) is 6.53. The maximum absolute atomic E-state index is 12.1. The van der Waals surface area contributed by atoms with Crippen LogP contribution in [-0.2, 0) is 9.59 Å². The van der Waals surface area contributed by atoms with Gasteiger partial charge in [0, 0.05) is 16.4 Å². The van der Waals surface area contributed by atoms with Gasteiger partial charge in [-0.3, -0.25) is 9.59 Å². The number of nitriles is 1. The highest BCUT2D eigenvalue weighted by Gasteiger charge is 2.20. The summed E-state index contributed by atoms with van der Waals surface area (Å²) in [7, 11) is 3.81. The molecule has 0 unspecified atom stereocenters. The molecule has 0 radical (unpaired) electrons. The first-order valence-electron chi connectivity index (χ1n) is 7.41. The van der Waals surface area contributed by atoms with E-state index in [9.17, 15) is 9.59 Å². The van der Waals surface area contributed by atoms with E-state index in [-0.39, 0.29) is 17.3 Å². The van der Waals surface area contributed by atoms with Gasteiger partial charge in [0.25, 0.3) is 0 Å². The van der Waals surface area contributed by atoms with Gasteiger partial charge in [-0.2, -0.15) is 5.26 Å². The van der Waals surface area contributed by atoms with Crippen molar-refractivity contribution in [3.63, 3.8) is 0 Å². The summed E-state index contributed by atoms with van der Waals surface area (Å²) in [4.78, 5) is 27.2. The normalized spacial score (nSPS) is 11.6. The minimum Gasteiger partial charge on any atom is -0.346 e. The van der Waals surface area contributed by atoms with Crippen molar-refractivity contribution in [2.75, 3.05) is 26.0 Å². The highest BCUT2D eigenvalue weighted by Crippen LogP contribution is 2.22. The molecule has 1 atom stereocenters. The van der Waals surface area contributed by atoms with E-state index in [4.69, 9.17) is 16.9 Å². The van der Waals surface area contributed by atoms with E-state index in [0.29, 0.717) is 11.6 Å². The van der Waals surface area contributed by atoms with Crippen LogP contribution >= 0.6 is 22.9 Å². The molecule has 0 aliphatic rings. The van der Waals surface area contributed by atoms with Crippen molar-refractivity contribution in [3.05, 3.63) is 51.2 Å². The monoisotopic (exact) mass is 376 g/mol. The number of thiophene rings is 1. The van der Waals surface area contributed by atoms with Crippen molar-refractivity contribution in [1.82, 2.24) is 10.2 Å². The van der Waals surface area contributed by atoms with Crippen LogP contribution in [0.4, 0.5) is 5.69 Å². The summed E-state index contributed by atoms with van der Waals surface area (Å²) in [5, 5.41) is 16.4. The Bertz CT molecular complexity index is 799. The molecule has 1 heterocycles. The first-order chi connectivity index (χ1) is 11.9. The number of carbonyl (C=O) groups excluding carboxylic acids is 2. The lowest BCUT2D eigenvalue weighted by atomic mass is 10.2. The summed E-state index contributed by atoms with van der Waals surface area (Å²) in [6.45, 7) is 0.292. The van der Waals surface area contributed by atoms with E-state index < -0.39 is 11.8 Å². The molecule has 0 fully saturated rings. The predicted octanol–water partition coefficient (Wildman–Crippen LogP) is 2.63. The minimum atomic E-state index is -0.845. The van der Waals surface area contributed by atoms with Crippen LogP contribution in [0.2, 0.25) is 5.02 Å². The quantitative estimate of drug-likeness (QED) is 0.785. The second kappa shape index (κ2) is 8.62. The average molecular weight is 377 g/mol. The van der Waals surface area contributed by atoms with Crippen LogP contribution in [0.5, 0.6) is 0 Å². The third-order valence-corrected chi connectivity index (χ3v) is 4.72. The SMILES string of the molecule is CN(C)[C@@H](CNC(=O)C(=O)Nc1cc(Cl)ccc1C#N)c1cccs1. The van der Waals surface area contributed by atoms with Crippen LogP contribution in [-0.4, -0.2) is 37.4 Å². The minimum absolute atomic E-state index is 0.0300. The number of likely N-dealkylation sites (N-methyl/N-ethyl adjacent to an activating group) is 1. The standard InChI is InChI=1S/C17H17ClN4O2S/c1-22(2)14(15-4-3-7-25-15)10-20-16(23)17(24)21-13-8-12(18)6-5-11(13)9-19/h3-8,14H,10H2,1-2H3,(H,20,23)(H,21,24)/t14-/m0/s1. The summed E-state index contributed by atoms with van der Waals surface area (Å²) in [6, 6.07) is 10.3. The fourth-order valence-corrected chi connectivity index (χ4v) is 3.28. The zero-order chi connectivity index (χ0) is 18.4. The van der Waals surface area contributed by atoms with Gasteiger partial charge in [-0.15, -0.1) is 11.3 Å². The molecule has 0 bridgehead atoms. The van der Waals surface area contributed by atoms with Gasteiger partial charge in [0.1, 0.15) is 6.07 Å². The number of halogens is 1. The van der Waals surface area contributed by atoms with E-state index in [1.807, 2.05) is 42.6 Å². The Balaban J connectivity index is 2.00. The van der Waals surface area contributed by atoms with E-state index in [2.05, 4.69) is 10.6 Å². The number of hydrogen-bond donors (Lipinski definition) is 2. The molecule has 2 aromatic rings. The number of hydrogen-bond acceptors (Lipinski definition) is 5. The smallest absolute Gasteiger partial charge is 0.313 e. The van der Waals surface area contributed by atoms with Crippen molar-refractivity contribution in [3.8, 4) is 6.07 Å².